The summed E-state index contributed by atoms with van der Waals surface area (Å²) in [5.74, 6) is 1.25. The Hall–Kier alpha value is -1.88. The molecule has 0 unspecified atom stereocenters. The zero-order valence-electron chi connectivity index (χ0n) is 21.9. The van der Waals surface area contributed by atoms with Crippen molar-refractivity contribution in [2.75, 3.05) is 71.4 Å². The van der Waals surface area contributed by atoms with E-state index in [0.29, 0.717) is 11.8 Å². The van der Waals surface area contributed by atoms with Gasteiger partial charge < -0.3 is 14.7 Å². The quantitative estimate of drug-likeness (QED) is 0.627. The highest BCUT2D eigenvalue weighted by Crippen LogP contribution is 2.22. The third-order valence-electron chi connectivity index (χ3n) is 7.05. The van der Waals surface area contributed by atoms with Crippen LogP contribution in [0.25, 0.3) is 0 Å². The monoisotopic (exact) mass is 450 g/mol. The lowest BCUT2D eigenvalue weighted by Gasteiger charge is -2.34. The average Bonchev–Trinajstić information content (AvgIpc) is 2.82. The van der Waals surface area contributed by atoms with Crippen molar-refractivity contribution in [2.45, 2.75) is 46.1 Å². The van der Waals surface area contributed by atoms with Crippen molar-refractivity contribution in [3.63, 3.8) is 0 Å². The summed E-state index contributed by atoms with van der Waals surface area (Å²) in [6.07, 6.45) is 0. The number of hydrogen-bond donors (Lipinski definition) is 0. The van der Waals surface area contributed by atoms with E-state index in [9.17, 15) is 0 Å². The van der Waals surface area contributed by atoms with Crippen LogP contribution in [0.1, 0.15) is 56.2 Å². The maximum absolute atomic E-state index is 2.55. The first kappa shape index (κ1) is 25.7. The Morgan fingerprint density at radius 3 is 1.73 bits per heavy atom. The molecular formula is C29H46N4. The summed E-state index contributed by atoms with van der Waals surface area (Å²) in [5.41, 5.74) is 5.71. The molecule has 0 N–H and O–H groups in total. The number of likely N-dealkylation sites (N-methyl/N-ethyl adjacent to an activating group) is 2. The van der Waals surface area contributed by atoms with E-state index < -0.39 is 0 Å². The molecule has 2 saturated heterocycles. The maximum atomic E-state index is 2.55. The van der Waals surface area contributed by atoms with Gasteiger partial charge in [0.15, 0.2) is 0 Å². The fraction of sp³-hybridized carbons (Fsp3) is 0.586. The van der Waals surface area contributed by atoms with Crippen molar-refractivity contribution in [1.29, 1.82) is 0 Å². The summed E-state index contributed by atoms with van der Waals surface area (Å²) in [5, 5.41) is 0. The SMILES string of the molecule is CC(C)c1ccc(CN2CCN(C)CC2)cc1.CC(C)c1cccc(N2CCN(C)CC2)c1. The molecule has 2 aliphatic rings. The highest BCUT2D eigenvalue weighted by Gasteiger charge is 2.15. The molecule has 2 aromatic carbocycles. The molecule has 0 radical (unpaired) electrons. The second-order valence-electron chi connectivity index (χ2n) is 10.5. The number of rotatable bonds is 5. The highest BCUT2D eigenvalue weighted by molar-refractivity contribution is 5.49. The lowest BCUT2D eigenvalue weighted by Crippen LogP contribution is -2.44. The van der Waals surface area contributed by atoms with Crippen LogP contribution >= 0.6 is 0 Å². The van der Waals surface area contributed by atoms with E-state index in [2.05, 4.69) is 110 Å². The molecule has 2 heterocycles. The van der Waals surface area contributed by atoms with Gasteiger partial charge in [-0.3, -0.25) is 4.90 Å². The van der Waals surface area contributed by atoms with E-state index in [1.807, 2.05) is 0 Å². The lowest BCUT2D eigenvalue weighted by atomic mass is 10.0. The lowest BCUT2D eigenvalue weighted by molar-refractivity contribution is 0.148. The Bertz CT molecular complexity index is 814. The van der Waals surface area contributed by atoms with Gasteiger partial charge in [0, 0.05) is 64.6 Å². The third-order valence-corrected chi connectivity index (χ3v) is 7.05. The van der Waals surface area contributed by atoms with Gasteiger partial charge in [-0.15, -0.1) is 0 Å². The Morgan fingerprint density at radius 2 is 1.18 bits per heavy atom. The minimum atomic E-state index is 0.618. The van der Waals surface area contributed by atoms with Crippen molar-refractivity contribution >= 4 is 5.69 Å². The molecule has 2 aromatic rings. The van der Waals surface area contributed by atoms with Crippen LogP contribution in [0.3, 0.4) is 0 Å². The van der Waals surface area contributed by atoms with Gasteiger partial charge in [-0.2, -0.15) is 0 Å². The Labute approximate surface area is 203 Å². The molecule has 4 heteroatoms. The summed E-state index contributed by atoms with van der Waals surface area (Å²) < 4.78 is 0. The van der Waals surface area contributed by atoms with Crippen LogP contribution in [-0.4, -0.2) is 81.2 Å². The van der Waals surface area contributed by atoms with Crippen molar-refractivity contribution in [3.8, 4) is 0 Å². The first-order valence-electron chi connectivity index (χ1n) is 12.8. The van der Waals surface area contributed by atoms with E-state index in [0.717, 1.165) is 19.6 Å². The number of hydrogen-bond acceptors (Lipinski definition) is 4. The number of piperazine rings is 2. The molecule has 4 rings (SSSR count). The van der Waals surface area contributed by atoms with Crippen molar-refractivity contribution in [1.82, 2.24) is 14.7 Å². The first-order valence-corrected chi connectivity index (χ1v) is 12.8. The van der Waals surface area contributed by atoms with Crippen LogP contribution in [0, 0.1) is 0 Å². The van der Waals surface area contributed by atoms with Crippen LogP contribution < -0.4 is 4.90 Å². The molecular weight excluding hydrogens is 404 g/mol. The van der Waals surface area contributed by atoms with Crippen LogP contribution in [-0.2, 0) is 6.54 Å². The molecule has 2 fully saturated rings. The fourth-order valence-corrected chi connectivity index (χ4v) is 4.42. The zero-order chi connectivity index (χ0) is 23.8. The van der Waals surface area contributed by atoms with Gasteiger partial charge in [0.2, 0.25) is 0 Å². The summed E-state index contributed by atoms with van der Waals surface area (Å²) in [6.45, 7) is 19.5. The van der Waals surface area contributed by atoms with Crippen LogP contribution in [0.2, 0.25) is 0 Å². The summed E-state index contributed by atoms with van der Waals surface area (Å²) in [7, 11) is 4.40. The van der Waals surface area contributed by atoms with E-state index in [1.165, 1.54) is 61.6 Å². The van der Waals surface area contributed by atoms with Crippen LogP contribution in [0.15, 0.2) is 48.5 Å². The van der Waals surface area contributed by atoms with E-state index in [-0.39, 0.29) is 0 Å². The normalized spacial score (nSPS) is 18.5. The van der Waals surface area contributed by atoms with E-state index >= 15 is 0 Å². The second-order valence-corrected chi connectivity index (χ2v) is 10.5. The van der Waals surface area contributed by atoms with Gasteiger partial charge in [0.25, 0.3) is 0 Å². The van der Waals surface area contributed by atoms with Gasteiger partial charge in [0.05, 0.1) is 0 Å². The van der Waals surface area contributed by atoms with E-state index in [1.54, 1.807) is 0 Å². The predicted molar refractivity (Wildman–Crippen MR) is 144 cm³/mol. The fourth-order valence-electron chi connectivity index (χ4n) is 4.42. The average molecular weight is 451 g/mol. The molecule has 33 heavy (non-hydrogen) atoms. The van der Waals surface area contributed by atoms with Gasteiger partial charge in [-0.05, 0) is 54.8 Å². The molecule has 0 aromatic heterocycles. The van der Waals surface area contributed by atoms with Gasteiger partial charge in [-0.1, -0.05) is 64.1 Å². The highest BCUT2D eigenvalue weighted by atomic mass is 15.3. The molecule has 182 valence electrons. The Kier molecular flexibility index (Phi) is 9.78. The zero-order valence-corrected chi connectivity index (χ0v) is 21.9. The standard InChI is InChI=1S/C15H24N2.C14H22N2/c1-13(2)15-6-4-14(5-7-15)12-17-10-8-16(3)9-11-17;1-12(2)13-5-4-6-14(11-13)16-9-7-15(3)8-10-16/h4-7,13H,8-12H2,1-3H3;4-6,11-12H,7-10H2,1-3H3. The maximum Gasteiger partial charge on any atom is 0.0369 e. The number of benzene rings is 2. The van der Waals surface area contributed by atoms with Crippen molar-refractivity contribution in [3.05, 3.63) is 65.2 Å². The smallest absolute Gasteiger partial charge is 0.0369 e. The topological polar surface area (TPSA) is 13.0 Å². The molecule has 0 aliphatic carbocycles. The van der Waals surface area contributed by atoms with Crippen LogP contribution in [0.4, 0.5) is 5.69 Å². The van der Waals surface area contributed by atoms with Crippen molar-refractivity contribution < 1.29 is 0 Å². The Morgan fingerprint density at radius 1 is 0.636 bits per heavy atom. The summed E-state index contributed by atoms with van der Waals surface area (Å²) in [4.78, 5) is 9.83. The Balaban J connectivity index is 0.000000186. The molecule has 2 aliphatic heterocycles. The van der Waals surface area contributed by atoms with Gasteiger partial charge in [-0.25, -0.2) is 0 Å². The molecule has 0 amide bonds. The molecule has 0 saturated carbocycles. The third kappa shape index (κ3) is 8.13. The predicted octanol–water partition coefficient (Wildman–Crippen LogP) is 5.12. The number of anilines is 1. The van der Waals surface area contributed by atoms with Gasteiger partial charge >= 0.3 is 0 Å². The molecule has 0 bridgehead atoms. The molecule has 0 atom stereocenters. The molecule has 0 spiro atoms. The van der Waals surface area contributed by atoms with Gasteiger partial charge in [0.1, 0.15) is 0 Å². The summed E-state index contributed by atoms with van der Waals surface area (Å²) >= 11 is 0. The second kappa shape index (κ2) is 12.5. The minimum absolute atomic E-state index is 0.618. The van der Waals surface area contributed by atoms with E-state index in [4.69, 9.17) is 0 Å². The summed E-state index contributed by atoms with van der Waals surface area (Å²) in [6, 6.07) is 18.1. The molecule has 4 nitrogen and oxygen atoms in total. The van der Waals surface area contributed by atoms with Crippen molar-refractivity contribution in [2.24, 2.45) is 0 Å². The first-order chi connectivity index (χ1) is 15.8. The minimum Gasteiger partial charge on any atom is -0.369 e. The largest absolute Gasteiger partial charge is 0.369 e. The van der Waals surface area contributed by atoms with Crippen LogP contribution in [0.5, 0.6) is 0 Å². The number of nitrogens with zero attached hydrogens (tertiary/aromatic N) is 4.